The maximum atomic E-state index is 12.9. The molecule has 0 saturated carbocycles. The van der Waals surface area contributed by atoms with Crippen molar-refractivity contribution in [2.75, 3.05) is 11.4 Å². The number of rotatable bonds is 2. The van der Waals surface area contributed by atoms with E-state index < -0.39 is 0 Å². The van der Waals surface area contributed by atoms with E-state index in [1.54, 1.807) is 22.0 Å². The van der Waals surface area contributed by atoms with Crippen LogP contribution in [0.4, 0.5) is 5.69 Å². The van der Waals surface area contributed by atoms with Crippen LogP contribution in [0.1, 0.15) is 28.2 Å². The first-order valence-electron chi connectivity index (χ1n) is 7.95. The zero-order chi connectivity index (χ0) is 16.5. The largest absolute Gasteiger partial charge is 0.307 e. The molecule has 1 amide bonds. The van der Waals surface area contributed by atoms with Gasteiger partial charge in [-0.05, 0) is 31.4 Å². The number of hydrogen-bond donors (Lipinski definition) is 0. The lowest BCUT2D eigenvalue weighted by molar-refractivity contribution is 0.0980. The Balaban J connectivity index is 1.69. The molecule has 0 fully saturated rings. The minimum absolute atomic E-state index is 0.117. The second-order valence-electron chi connectivity index (χ2n) is 5.87. The Hall–Kier alpha value is -3.02. The average molecular weight is 319 g/mol. The van der Waals surface area contributed by atoms with Gasteiger partial charge in [-0.3, -0.25) is 14.3 Å². The van der Waals surface area contributed by atoms with Gasteiger partial charge in [0.15, 0.2) is 5.82 Å². The highest BCUT2D eigenvalue weighted by Gasteiger charge is 2.24. The predicted molar refractivity (Wildman–Crippen MR) is 90.3 cm³/mol. The summed E-state index contributed by atoms with van der Waals surface area (Å²) in [4.78, 5) is 27.6. The fourth-order valence-electron chi connectivity index (χ4n) is 3.01. The number of nitrogens with zero attached hydrogens (tertiary/aromatic N) is 5. The van der Waals surface area contributed by atoms with Gasteiger partial charge in [0.1, 0.15) is 12.0 Å². The minimum Gasteiger partial charge on any atom is -0.307 e. The van der Waals surface area contributed by atoms with Gasteiger partial charge in [0.2, 0.25) is 0 Å². The smallest absolute Gasteiger partial charge is 0.278 e. The lowest BCUT2D eigenvalue weighted by Crippen LogP contribution is -2.36. The van der Waals surface area contributed by atoms with Crippen LogP contribution in [-0.2, 0) is 6.42 Å². The van der Waals surface area contributed by atoms with Crippen LogP contribution in [-0.4, -0.2) is 32.0 Å². The molecule has 0 saturated heterocycles. The fraction of sp³-hybridized carbons (Fsp3) is 0.222. The van der Waals surface area contributed by atoms with E-state index in [0.29, 0.717) is 18.1 Å². The van der Waals surface area contributed by atoms with Crippen LogP contribution in [0.5, 0.6) is 0 Å². The van der Waals surface area contributed by atoms with Crippen molar-refractivity contribution < 1.29 is 4.79 Å². The maximum absolute atomic E-state index is 12.9. The van der Waals surface area contributed by atoms with E-state index in [9.17, 15) is 4.79 Å². The highest BCUT2D eigenvalue weighted by atomic mass is 16.2. The minimum atomic E-state index is -0.117. The van der Waals surface area contributed by atoms with Crippen molar-refractivity contribution in [2.45, 2.75) is 19.8 Å². The summed E-state index contributed by atoms with van der Waals surface area (Å²) in [5, 5.41) is 0. The molecule has 2 aromatic heterocycles. The van der Waals surface area contributed by atoms with Crippen LogP contribution >= 0.6 is 0 Å². The number of fused-ring (bicyclic) bond motifs is 1. The summed E-state index contributed by atoms with van der Waals surface area (Å²) < 4.78 is 1.77. The Morgan fingerprint density at radius 2 is 2.08 bits per heavy atom. The summed E-state index contributed by atoms with van der Waals surface area (Å²) in [7, 11) is 0. The maximum Gasteiger partial charge on any atom is 0.278 e. The number of carbonyl (C=O) groups is 1. The van der Waals surface area contributed by atoms with E-state index in [-0.39, 0.29) is 5.91 Å². The summed E-state index contributed by atoms with van der Waals surface area (Å²) in [5.41, 5.74) is 3.40. The van der Waals surface area contributed by atoms with Crippen LogP contribution in [0, 0.1) is 6.92 Å². The van der Waals surface area contributed by atoms with Crippen molar-refractivity contribution >= 4 is 11.6 Å². The molecule has 3 heterocycles. The van der Waals surface area contributed by atoms with Gasteiger partial charge < -0.3 is 4.90 Å². The number of anilines is 1. The standard InChI is InChI=1S/C18H17N5O/c1-13-11-22(12-20-13)17-10-19-9-15(21-17)18(24)23-8-4-6-14-5-2-3-7-16(14)23/h2-3,5,7,9-12H,4,6,8H2,1H3. The normalized spacial score (nSPS) is 13.6. The Morgan fingerprint density at radius 1 is 1.21 bits per heavy atom. The Bertz CT molecular complexity index is 902. The van der Waals surface area contributed by atoms with Gasteiger partial charge in [-0.1, -0.05) is 18.2 Å². The van der Waals surface area contributed by atoms with Gasteiger partial charge in [-0.25, -0.2) is 9.97 Å². The number of carbonyl (C=O) groups excluding carboxylic acids is 1. The van der Waals surface area contributed by atoms with Gasteiger partial charge in [-0.15, -0.1) is 0 Å². The molecule has 24 heavy (non-hydrogen) atoms. The second kappa shape index (κ2) is 5.88. The molecule has 1 aliphatic rings. The van der Waals surface area contributed by atoms with E-state index >= 15 is 0 Å². The Kier molecular flexibility index (Phi) is 3.57. The molecule has 0 atom stereocenters. The number of para-hydroxylation sites is 1. The zero-order valence-corrected chi connectivity index (χ0v) is 13.4. The molecule has 120 valence electrons. The van der Waals surface area contributed by atoms with Crippen molar-refractivity contribution in [3.8, 4) is 5.82 Å². The summed E-state index contributed by atoms with van der Waals surface area (Å²) in [6, 6.07) is 8.03. The van der Waals surface area contributed by atoms with Gasteiger partial charge >= 0.3 is 0 Å². The van der Waals surface area contributed by atoms with Crippen molar-refractivity contribution in [3.05, 3.63) is 66.1 Å². The lowest BCUT2D eigenvalue weighted by Gasteiger charge is -2.29. The first kappa shape index (κ1) is 14.6. The molecule has 0 bridgehead atoms. The van der Waals surface area contributed by atoms with Crippen molar-refractivity contribution in [1.82, 2.24) is 19.5 Å². The third-order valence-corrected chi connectivity index (χ3v) is 4.17. The number of imidazole rings is 1. The van der Waals surface area contributed by atoms with Crippen LogP contribution in [0.2, 0.25) is 0 Å². The second-order valence-corrected chi connectivity index (χ2v) is 5.87. The highest BCUT2D eigenvalue weighted by molar-refractivity contribution is 6.05. The molecular formula is C18H17N5O. The SMILES string of the molecule is Cc1cn(-c2cncc(C(=O)N3CCCc4ccccc43)n2)cn1. The Morgan fingerprint density at radius 3 is 2.92 bits per heavy atom. The van der Waals surface area contributed by atoms with Crippen LogP contribution in [0.15, 0.2) is 49.2 Å². The van der Waals surface area contributed by atoms with E-state index in [1.807, 2.05) is 31.3 Å². The van der Waals surface area contributed by atoms with E-state index in [0.717, 1.165) is 24.2 Å². The van der Waals surface area contributed by atoms with Crippen molar-refractivity contribution in [3.63, 3.8) is 0 Å². The molecule has 6 heteroatoms. The molecule has 0 spiro atoms. The van der Waals surface area contributed by atoms with E-state index in [2.05, 4.69) is 21.0 Å². The zero-order valence-electron chi connectivity index (χ0n) is 13.4. The van der Waals surface area contributed by atoms with Crippen LogP contribution in [0.3, 0.4) is 0 Å². The molecule has 4 rings (SSSR count). The van der Waals surface area contributed by atoms with Gasteiger partial charge in [-0.2, -0.15) is 0 Å². The van der Waals surface area contributed by atoms with Gasteiger partial charge in [0, 0.05) is 18.4 Å². The van der Waals surface area contributed by atoms with Crippen LogP contribution in [0.25, 0.3) is 5.82 Å². The van der Waals surface area contributed by atoms with Crippen molar-refractivity contribution in [2.24, 2.45) is 0 Å². The summed E-state index contributed by atoms with van der Waals surface area (Å²) in [6.45, 7) is 2.61. The molecule has 0 unspecified atom stereocenters. The quantitative estimate of drug-likeness (QED) is 0.728. The first-order chi connectivity index (χ1) is 11.7. The molecule has 1 aromatic carbocycles. The highest BCUT2D eigenvalue weighted by Crippen LogP contribution is 2.27. The molecule has 0 aliphatic carbocycles. The van der Waals surface area contributed by atoms with Crippen molar-refractivity contribution in [1.29, 1.82) is 0 Å². The summed E-state index contributed by atoms with van der Waals surface area (Å²) in [5.74, 6) is 0.472. The monoisotopic (exact) mass is 319 g/mol. The Labute approximate surface area is 139 Å². The topological polar surface area (TPSA) is 63.9 Å². The molecule has 0 N–H and O–H groups in total. The van der Waals surface area contributed by atoms with Gasteiger partial charge in [0.25, 0.3) is 5.91 Å². The fourth-order valence-corrected chi connectivity index (χ4v) is 3.01. The third-order valence-electron chi connectivity index (χ3n) is 4.17. The molecule has 6 nitrogen and oxygen atoms in total. The van der Waals surface area contributed by atoms with E-state index in [4.69, 9.17) is 0 Å². The number of benzene rings is 1. The molecular weight excluding hydrogens is 302 g/mol. The van der Waals surface area contributed by atoms with Gasteiger partial charge in [0.05, 0.1) is 18.1 Å². The number of hydrogen-bond acceptors (Lipinski definition) is 4. The number of amides is 1. The first-order valence-corrected chi connectivity index (χ1v) is 7.95. The number of aryl methyl sites for hydroxylation is 2. The van der Waals surface area contributed by atoms with E-state index in [1.165, 1.54) is 11.8 Å². The molecule has 1 aliphatic heterocycles. The molecule has 3 aromatic rings. The molecule has 0 radical (unpaired) electrons. The third kappa shape index (κ3) is 2.56. The summed E-state index contributed by atoms with van der Waals surface area (Å²) in [6.07, 6.45) is 8.63. The number of aromatic nitrogens is 4. The predicted octanol–water partition coefficient (Wildman–Crippen LogP) is 2.56. The lowest BCUT2D eigenvalue weighted by atomic mass is 10.0. The average Bonchev–Trinajstić information content (AvgIpc) is 3.07. The summed E-state index contributed by atoms with van der Waals surface area (Å²) >= 11 is 0. The van der Waals surface area contributed by atoms with Crippen LogP contribution < -0.4 is 4.90 Å².